The first kappa shape index (κ1) is 16.2. The lowest BCUT2D eigenvalue weighted by molar-refractivity contribution is 0.0977. The van der Waals surface area contributed by atoms with Crippen LogP contribution in [0.15, 0.2) is 54.6 Å². The van der Waals surface area contributed by atoms with E-state index in [4.69, 9.17) is 22.1 Å². The molecular formula is C20H12ClNO4. The molecule has 0 unspecified atom stereocenters. The minimum absolute atomic E-state index is 0.00557. The van der Waals surface area contributed by atoms with Gasteiger partial charge in [0.15, 0.2) is 23.1 Å². The van der Waals surface area contributed by atoms with Crippen LogP contribution in [0.2, 0.25) is 5.02 Å². The van der Waals surface area contributed by atoms with Crippen molar-refractivity contribution >= 4 is 28.9 Å². The molecule has 0 atom stereocenters. The number of nitrogen functional groups attached to an aromatic ring is 1. The Labute approximate surface area is 153 Å². The summed E-state index contributed by atoms with van der Waals surface area (Å²) in [5.41, 5.74) is 6.20. The molecule has 26 heavy (non-hydrogen) atoms. The highest BCUT2D eigenvalue weighted by Gasteiger charge is 2.35. The number of fused-ring (bicyclic) bond motifs is 2. The number of hydrogen-bond donors (Lipinski definition) is 2. The number of hydrogen-bond acceptors (Lipinski definition) is 5. The summed E-state index contributed by atoms with van der Waals surface area (Å²) in [6, 6.07) is 14.5. The van der Waals surface area contributed by atoms with E-state index in [1.165, 1.54) is 24.3 Å². The fourth-order valence-electron chi connectivity index (χ4n) is 3.00. The normalized spacial score (nSPS) is 12.5. The Kier molecular flexibility index (Phi) is 3.67. The molecule has 3 aromatic carbocycles. The van der Waals surface area contributed by atoms with Crippen LogP contribution in [0.1, 0.15) is 31.8 Å². The molecule has 4 rings (SSSR count). The topological polar surface area (TPSA) is 89.6 Å². The van der Waals surface area contributed by atoms with Gasteiger partial charge in [0.25, 0.3) is 0 Å². The molecule has 1 aliphatic carbocycles. The van der Waals surface area contributed by atoms with Crippen molar-refractivity contribution in [3.05, 3.63) is 81.9 Å². The van der Waals surface area contributed by atoms with Gasteiger partial charge in [-0.3, -0.25) is 9.59 Å². The third-order valence-electron chi connectivity index (χ3n) is 4.19. The average Bonchev–Trinajstić information content (AvgIpc) is 2.63. The quantitative estimate of drug-likeness (QED) is 0.410. The second kappa shape index (κ2) is 5.89. The van der Waals surface area contributed by atoms with Crippen molar-refractivity contribution in [3.8, 4) is 17.2 Å². The van der Waals surface area contributed by atoms with Crippen molar-refractivity contribution in [1.29, 1.82) is 0 Å². The number of carbonyl (C=O) groups excluding carboxylic acids is 2. The monoisotopic (exact) mass is 365 g/mol. The molecule has 0 amide bonds. The second-order valence-electron chi connectivity index (χ2n) is 5.83. The Morgan fingerprint density at radius 3 is 2.31 bits per heavy atom. The van der Waals surface area contributed by atoms with Gasteiger partial charge in [0.05, 0.1) is 11.1 Å². The lowest BCUT2D eigenvalue weighted by Crippen LogP contribution is -2.22. The predicted molar refractivity (Wildman–Crippen MR) is 97.4 cm³/mol. The van der Waals surface area contributed by atoms with E-state index in [0.717, 1.165) is 0 Å². The smallest absolute Gasteiger partial charge is 0.198 e. The standard InChI is InChI=1S/C20H12ClNO4/c21-10-6-7-12-13(8-10)19(24)16-14(22)9-15(20(25)17(16)18(12)23)26-11-4-2-1-3-5-11/h1-9,25H,22H2. The van der Waals surface area contributed by atoms with Crippen molar-refractivity contribution in [1.82, 2.24) is 0 Å². The van der Waals surface area contributed by atoms with E-state index in [-0.39, 0.29) is 33.7 Å². The van der Waals surface area contributed by atoms with Crippen molar-refractivity contribution < 1.29 is 19.4 Å². The van der Waals surface area contributed by atoms with Crippen LogP contribution in [0.5, 0.6) is 17.2 Å². The number of halogens is 1. The lowest BCUT2D eigenvalue weighted by Gasteiger charge is -2.21. The molecule has 3 N–H and O–H groups in total. The highest BCUT2D eigenvalue weighted by atomic mass is 35.5. The van der Waals surface area contributed by atoms with Crippen LogP contribution in [0.3, 0.4) is 0 Å². The molecule has 0 spiro atoms. The molecule has 5 nitrogen and oxygen atoms in total. The number of para-hydroxylation sites is 1. The number of anilines is 1. The summed E-state index contributed by atoms with van der Waals surface area (Å²) in [5, 5.41) is 10.9. The first-order valence-electron chi connectivity index (χ1n) is 7.74. The fourth-order valence-corrected chi connectivity index (χ4v) is 3.17. The van der Waals surface area contributed by atoms with E-state index in [1.807, 2.05) is 6.07 Å². The number of aromatic hydroxyl groups is 1. The maximum atomic E-state index is 12.9. The van der Waals surface area contributed by atoms with Crippen LogP contribution >= 0.6 is 11.6 Å². The van der Waals surface area contributed by atoms with Crippen molar-refractivity contribution in [2.45, 2.75) is 0 Å². The molecular weight excluding hydrogens is 354 g/mol. The summed E-state index contributed by atoms with van der Waals surface area (Å²) in [7, 11) is 0. The maximum Gasteiger partial charge on any atom is 0.198 e. The Balaban J connectivity index is 1.90. The minimum atomic E-state index is -0.506. The van der Waals surface area contributed by atoms with E-state index in [1.54, 1.807) is 24.3 Å². The van der Waals surface area contributed by atoms with Gasteiger partial charge in [-0.1, -0.05) is 29.8 Å². The van der Waals surface area contributed by atoms with E-state index >= 15 is 0 Å². The van der Waals surface area contributed by atoms with Gasteiger partial charge in [-0.05, 0) is 30.3 Å². The van der Waals surface area contributed by atoms with Crippen molar-refractivity contribution in [3.63, 3.8) is 0 Å². The first-order chi connectivity index (χ1) is 12.5. The number of rotatable bonds is 2. The molecule has 128 valence electrons. The van der Waals surface area contributed by atoms with Gasteiger partial charge < -0.3 is 15.6 Å². The lowest BCUT2D eigenvalue weighted by atomic mass is 9.82. The number of phenolic OH excluding ortho intramolecular Hbond substituents is 1. The first-order valence-corrected chi connectivity index (χ1v) is 8.12. The molecule has 0 aromatic heterocycles. The number of ketones is 2. The average molecular weight is 366 g/mol. The van der Waals surface area contributed by atoms with E-state index < -0.39 is 17.3 Å². The second-order valence-corrected chi connectivity index (χ2v) is 6.26. The van der Waals surface area contributed by atoms with Crippen molar-refractivity contribution in [2.75, 3.05) is 5.73 Å². The summed E-state index contributed by atoms with van der Waals surface area (Å²) in [6.45, 7) is 0. The third kappa shape index (κ3) is 2.41. The number of phenols is 1. The number of nitrogens with two attached hydrogens (primary N) is 1. The van der Waals surface area contributed by atoms with Gasteiger partial charge in [0.2, 0.25) is 0 Å². The largest absolute Gasteiger partial charge is 0.504 e. The van der Waals surface area contributed by atoms with Gasteiger partial charge in [-0.25, -0.2) is 0 Å². The Morgan fingerprint density at radius 1 is 0.885 bits per heavy atom. The van der Waals surface area contributed by atoms with Gasteiger partial charge in [-0.15, -0.1) is 0 Å². The molecule has 0 heterocycles. The van der Waals surface area contributed by atoms with Crippen LogP contribution in [0.25, 0.3) is 0 Å². The highest BCUT2D eigenvalue weighted by molar-refractivity contribution is 6.34. The van der Waals surface area contributed by atoms with Crippen LogP contribution in [-0.4, -0.2) is 16.7 Å². The van der Waals surface area contributed by atoms with Gasteiger partial charge >= 0.3 is 0 Å². The number of carbonyl (C=O) groups is 2. The molecule has 3 aromatic rings. The molecule has 0 radical (unpaired) electrons. The van der Waals surface area contributed by atoms with E-state index in [9.17, 15) is 14.7 Å². The Morgan fingerprint density at radius 2 is 1.58 bits per heavy atom. The highest BCUT2D eigenvalue weighted by Crippen LogP contribution is 2.43. The fraction of sp³-hybridized carbons (Fsp3) is 0. The van der Waals surface area contributed by atoms with Crippen LogP contribution < -0.4 is 10.5 Å². The summed E-state index contributed by atoms with van der Waals surface area (Å²) in [5.74, 6) is -0.919. The zero-order valence-corrected chi connectivity index (χ0v) is 14.1. The zero-order chi connectivity index (χ0) is 18.4. The van der Waals surface area contributed by atoms with Gasteiger partial charge in [0, 0.05) is 27.9 Å². The van der Waals surface area contributed by atoms with Crippen LogP contribution in [0, 0.1) is 0 Å². The summed E-state index contributed by atoms with van der Waals surface area (Å²) in [6.07, 6.45) is 0. The van der Waals surface area contributed by atoms with E-state index in [2.05, 4.69) is 0 Å². The Bertz CT molecular complexity index is 1080. The van der Waals surface area contributed by atoms with Crippen LogP contribution in [-0.2, 0) is 0 Å². The minimum Gasteiger partial charge on any atom is -0.504 e. The van der Waals surface area contributed by atoms with Gasteiger partial charge in [-0.2, -0.15) is 0 Å². The van der Waals surface area contributed by atoms with E-state index in [0.29, 0.717) is 10.8 Å². The maximum absolute atomic E-state index is 12.9. The zero-order valence-electron chi connectivity index (χ0n) is 13.3. The molecule has 0 fully saturated rings. The summed E-state index contributed by atoms with van der Waals surface area (Å²) in [4.78, 5) is 25.7. The summed E-state index contributed by atoms with van der Waals surface area (Å²) < 4.78 is 5.63. The molecule has 0 bridgehead atoms. The van der Waals surface area contributed by atoms with Gasteiger partial charge in [0.1, 0.15) is 5.75 Å². The summed E-state index contributed by atoms with van der Waals surface area (Å²) >= 11 is 5.94. The predicted octanol–water partition coefficient (Wildman–Crippen LogP) is 4.20. The number of ether oxygens (including phenoxy) is 1. The molecule has 0 saturated carbocycles. The molecule has 1 aliphatic rings. The van der Waals surface area contributed by atoms with Crippen molar-refractivity contribution in [2.24, 2.45) is 0 Å². The molecule has 0 aliphatic heterocycles. The molecule has 6 heteroatoms. The molecule has 0 saturated heterocycles. The Hall–Kier alpha value is -3.31. The third-order valence-corrected chi connectivity index (χ3v) is 4.43. The SMILES string of the molecule is Nc1cc(Oc2ccccc2)c(O)c2c1C(=O)c1cc(Cl)ccc1C2=O. The number of benzene rings is 3. The van der Waals surface area contributed by atoms with Crippen LogP contribution in [0.4, 0.5) is 5.69 Å².